The Morgan fingerprint density at radius 2 is 2.05 bits per heavy atom. The maximum Gasteiger partial charge on any atom is 0.405 e. The average Bonchev–Trinajstić information content (AvgIpc) is 2.31. The molecule has 0 unspecified atom stereocenters. The molecule has 0 fully saturated rings. The van der Waals surface area contributed by atoms with E-state index in [-0.39, 0.29) is 12.1 Å². The highest BCUT2D eigenvalue weighted by Crippen LogP contribution is 2.13. The predicted octanol–water partition coefficient (Wildman–Crippen LogP) is 1.60. The van der Waals surface area contributed by atoms with Crippen LogP contribution in [0.25, 0.3) is 0 Å². The van der Waals surface area contributed by atoms with E-state index in [1.807, 2.05) is 5.32 Å². The van der Waals surface area contributed by atoms with Gasteiger partial charge in [-0.2, -0.15) is 13.2 Å². The number of rotatable bonds is 2. The van der Waals surface area contributed by atoms with Crippen molar-refractivity contribution in [1.82, 2.24) is 5.32 Å². The highest BCUT2D eigenvalue weighted by Gasteiger charge is 2.27. The van der Waals surface area contributed by atoms with Crippen LogP contribution in [0.4, 0.5) is 13.2 Å². The van der Waals surface area contributed by atoms with Gasteiger partial charge in [-0.25, -0.2) is 0 Å². The molecule has 1 rings (SSSR count). The van der Waals surface area contributed by atoms with Crippen molar-refractivity contribution < 1.29 is 18.0 Å². The third kappa shape index (κ3) is 5.44. The first-order valence-electron chi connectivity index (χ1n) is 5.47. The van der Waals surface area contributed by atoms with E-state index in [2.05, 4.69) is 11.8 Å². The second-order valence-electron chi connectivity index (χ2n) is 3.89. The van der Waals surface area contributed by atoms with Crippen molar-refractivity contribution in [2.24, 2.45) is 5.73 Å². The Labute approximate surface area is 109 Å². The molecule has 1 amide bonds. The van der Waals surface area contributed by atoms with Gasteiger partial charge in [0.2, 0.25) is 0 Å². The molecule has 1 aromatic rings. The summed E-state index contributed by atoms with van der Waals surface area (Å²) in [5.74, 6) is 4.58. The van der Waals surface area contributed by atoms with Crippen LogP contribution in [0.3, 0.4) is 0 Å². The minimum atomic E-state index is -4.43. The summed E-state index contributed by atoms with van der Waals surface area (Å²) in [5, 5.41) is 1.81. The fourth-order valence-electron chi connectivity index (χ4n) is 1.42. The lowest BCUT2D eigenvalue weighted by Crippen LogP contribution is -2.33. The van der Waals surface area contributed by atoms with Crippen molar-refractivity contribution in [1.29, 1.82) is 0 Å². The van der Waals surface area contributed by atoms with Crippen LogP contribution < -0.4 is 11.1 Å². The largest absolute Gasteiger partial charge is 0.405 e. The lowest BCUT2D eigenvalue weighted by atomic mass is 10.1. The van der Waals surface area contributed by atoms with Crippen LogP contribution in [0.1, 0.15) is 21.5 Å². The van der Waals surface area contributed by atoms with Crippen LogP contribution in [0.2, 0.25) is 0 Å². The van der Waals surface area contributed by atoms with Crippen LogP contribution in [0.15, 0.2) is 18.2 Å². The molecular weight excluding hydrogens is 257 g/mol. The van der Waals surface area contributed by atoms with Crippen molar-refractivity contribution in [2.45, 2.75) is 13.1 Å². The number of halogens is 3. The van der Waals surface area contributed by atoms with Gasteiger partial charge in [-0.05, 0) is 30.7 Å². The van der Waals surface area contributed by atoms with Gasteiger partial charge in [0.15, 0.2) is 0 Å². The zero-order valence-corrected chi connectivity index (χ0v) is 10.3. The van der Waals surface area contributed by atoms with Crippen LogP contribution in [-0.2, 0) is 0 Å². The highest BCUT2D eigenvalue weighted by molar-refractivity contribution is 5.94. The molecule has 0 spiro atoms. The molecule has 0 saturated heterocycles. The number of hydrogen-bond acceptors (Lipinski definition) is 2. The predicted molar refractivity (Wildman–Crippen MR) is 65.5 cm³/mol. The lowest BCUT2D eigenvalue weighted by molar-refractivity contribution is -0.123. The van der Waals surface area contributed by atoms with Gasteiger partial charge in [0.05, 0.1) is 6.54 Å². The number of aryl methyl sites for hydroxylation is 1. The molecule has 19 heavy (non-hydrogen) atoms. The van der Waals surface area contributed by atoms with E-state index in [1.165, 1.54) is 12.1 Å². The lowest BCUT2D eigenvalue weighted by Gasteiger charge is -2.09. The second kappa shape index (κ2) is 6.25. The first-order valence-corrected chi connectivity index (χ1v) is 5.47. The molecule has 0 aromatic heterocycles. The molecule has 0 radical (unpaired) electrons. The summed E-state index contributed by atoms with van der Waals surface area (Å²) < 4.78 is 36.0. The number of amides is 1. The van der Waals surface area contributed by atoms with Gasteiger partial charge < -0.3 is 11.1 Å². The van der Waals surface area contributed by atoms with Crippen LogP contribution in [0, 0.1) is 18.8 Å². The van der Waals surface area contributed by atoms with Gasteiger partial charge in [0.1, 0.15) is 6.54 Å². The zero-order chi connectivity index (χ0) is 14.5. The van der Waals surface area contributed by atoms with E-state index in [0.717, 1.165) is 5.56 Å². The fraction of sp³-hybridized carbons (Fsp3) is 0.308. The van der Waals surface area contributed by atoms with Crippen molar-refractivity contribution in [3.63, 3.8) is 0 Å². The molecule has 3 nitrogen and oxygen atoms in total. The Balaban J connectivity index is 2.88. The van der Waals surface area contributed by atoms with E-state index in [4.69, 9.17) is 5.73 Å². The number of hydrogen-bond donors (Lipinski definition) is 2. The fourth-order valence-corrected chi connectivity index (χ4v) is 1.42. The molecular formula is C13H13F3N2O. The molecule has 0 aliphatic rings. The molecule has 1 aromatic carbocycles. The molecule has 0 aliphatic heterocycles. The summed E-state index contributed by atoms with van der Waals surface area (Å²) in [7, 11) is 0. The zero-order valence-electron chi connectivity index (χ0n) is 10.3. The summed E-state index contributed by atoms with van der Waals surface area (Å²) in [4.78, 5) is 11.6. The molecule has 102 valence electrons. The van der Waals surface area contributed by atoms with Crippen LogP contribution in [-0.4, -0.2) is 25.2 Å². The van der Waals surface area contributed by atoms with Crippen molar-refractivity contribution in [2.75, 3.05) is 13.1 Å². The van der Waals surface area contributed by atoms with Gasteiger partial charge >= 0.3 is 6.18 Å². The summed E-state index contributed by atoms with van der Waals surface area (Å²) in [6.07, 6.45) is -4.43. The minimum Gasteiger partial charge on any atom is -0.343 e. The number of nitrogens with one attached hydrogen (secondary N) is 1. The number of carbonyl (C=O) groups is 1. The van der Waals surface area contributed by atoms with Crippen LogP contribution >= 0.6 is 0 Å². The van der Waals surface area contributed by atoms with E-state index in [1.54, 1.807) is 13.0 Å². The first kappa shape index (κ1) is 15.1. The smallest absolute Gasteiger partial charge is 0.343 e. The Morgan fingerprint density at radius 1 is 1.37 bits per heavy atom. The van der Waals surface area contributed by atoms with Crippen molar-refractivity contribution >= 4 is 5.91 Å². The standard InChI is InChI=1S/C13H13F3N2O/c1-9-5-10(3-2-4-17)7-11(6-9)12(19)18-8-13(14,15)16/h5-7H,4,8,17H2,1H3,(H,18,19). The molecule has 0 bridgehead atoms. The quantitative estimate of drug-likeness (QED) is 0.802. The van der Waals surface area contributed by atoms with Crippen LogP contribution in [0.5, 0.6) is 0 Å². The topological polar surface area (TPSA) is 55.1 Å². The molecule has 0 saturated carbocycles. The SMILES string of the molecule is Cc1cc(C#CCN)cc(C(=O)NCC(F)(F)F)c1. The highest BCUT2D eigenvalue weighted by atomic mass is 19.4. The Hall–Kier alpha value is -2.00. The van der Waals surface area contributed by atoms with Gasteiger partial charge in [-0.15, -0.1) is 0 Å². The maximum atomic E-state index is 12.0. The molecule has 3 N–H and O–H groups in total. The monoisotopic (exact) mass is 270 g/mol. The average molecular weight is 270 g/mol. The summed E-state index contributed by atoms with van der Waals surface area (Å²) in [5.41, 5.74) is 6.66. The maximum absolute atomic E-state index is 12.0. The van der Waals surface area contributed by atoms with Crippen molar-refractivity contribution in [3.8, 4) is 11.8 Å². The van der Waals surface area contributed by atoms with E-state index >= 15 is 0 Å². The molecule has 6 heteroatoms. The third-order valence-corrected chi connectivity index (χ3v) is 2.12. The molecule has 0 atom stereocenters. The third-order valence-electron chi connectivity index (χ3n) is 2.12. The van der Waals surface area contributed by atoms with Gasteiger partial charge in [0, 0.05) is 11.1 Å². The number of carbonyl (C=O) groups excluding carboxylic acids is 1. The van der Waals surface area contributed by atoms with Gasteiger partial charge in [-0.1, -0.05) is 11.8 Å². The number of alkyl halides is 3. The van der Waals surface area contributed by atoms with E-state index < -0.39 is 18.6 Å². The number of benzene rings is 1. The Kier molecular flexibility index (Phi) is 4.95. The Bertz CT molecular complexity index is 527. The van der Waals surface area contributed by atoms with E-state index in [9.17, 15) is 18.0 Å². The molecule has 0 aliphatic carbocycles. The number of nitrogens with two attached hydrogens (primary N) is 1. The normalized spacial score (nSPS) is 10.6. The van der Waals surface area contributed by atoms with Gasteiger partial charge in [-0.3, -0.25) is 4.79 Å². The van der Waals surface area contributed by atoms with Crippen molar-refractivity contribution in [3.05, 3.63) is 34.9 Å². The Morgan fingerprint density at radius 3 is 2.63 bits per heavy atom. The summed E-state index contributed by atoms with van der Waals surface area (Å²) >= 11 is 0. The summed E-state index contributed by atoms with van der Waals surface area (Å²) in [6, 6.07) is 4.66. The first-order chi connectivity index (χ1) is 8.81. The minimum absolute atomic E-state index is 0.144. The van der Waals surface area contributed by atoms with Gasteiger partial charge in [0.25, 0.3) is 5.91 Å². The van der Waals surface area contributed by atoms with E-state index in [0.29, 0.717) is 5.56 Å². The second-order valence-corrected chi connectivity index (χ2v) is 3.89. The molecule has 0 heterocycles. The summed E-state index contributed by atoms with van der Waals surface area (Å²) in [6.45, 7) is 0.543.